The van der Waals surface area contributed by atoms with Crippen molar-refractivity contribution in [2.24, 2.45) is 0 Å². The molecular weight excluding hydrogens is 359 g/mol. The molecule has 0 spiro atoms. The molecule has 0 saturated heterocycles. The van der Waals surface area contributed by atoms with E-state index < -0.39 is 24.3 Å². The number of hydrogen-bond donors (Lipinski definition) is 2. The van der Waals surface area contributed by atoms with Gasteiger partial charge < -0.3 is 9.84 Å². The van der Waals surface area contributed by atoms with Gasteiger partial charge in [0.05, 0.1) is 12.3 Å². The molecule has 8 heteroatoms. The molecule has 0 saturated carbocycles. The summed E-state index contributed by atoms with van der Waals surface area (Å²) in [6, 6.07) is 8.03. The van der Waals surface area contributed by atoms with Crippen LogP contribution in [0.4, 0.5) is 18.9 Å². The Kier molecular flexibility index (Phi) is 3.89. The number of alkyl halides is 2. The van der Waals surface area contributed by atoms with E-state index in [9.17, 15) is 18.3 Å². The maximum absolute atomic E-state index is 14.2. The number of aliphatic hydroxyl groups excluding tert-OH is 1. The number of benzene rings is 2. The van der Waals surface area contributed by atoms with E-state index in [2.05, 4.69) is 15.0 Å². The lowest BCUT2D eigenvalue weighted by Gasteiger charge is -2.16. The number of nitrogens with zero attached hydrogens (tertiary/aromatic N) is 2. The van der Waals surface area contributed by atoms with E-state index in [0.717, 1.165) is 12.1 Å². The van der Waals surface area contributed by atoms with Gasteiger partial charge in [0.15, 0.2) is 5.69 Å². The Hall–Kier alpha value is -3.31. The Morgan fingerprint density at radius 1 is 1.26 bits per heavy atom. The van der Waals surface area contributed by atoms with Gasteiger partial charge in [-0.05, 0) is 30.3 Å². The topological polar surface area (TPSA) is 62.5 Å². The average Bonchev–Trinajstić information content (AvgIpc) is 3.23. The van der Waals surface area contributed by atoms with Crippen molar-refractivity contribution in [2.75, 3.05) is 0 Å². The van der Waals surface area contributed by atoms with Crippen LogP contribution in [0, 0.1) is 12.4 Å². The molecule has 3 aromatic rings. The average molecular weight is 371 g/mol. The van der Waals surface area contributed by atoms with Gasteiger partial charge in [-0.25, -0.2) is 18.0 Å². The summed E-state index contributed by atoms with van der Waals surface area (Å²) >= 11 is 0. The van der Waals surface area contributed by atoms with Crippen LogP contribution in [0.25, 0.3) is 16.1 Å². The summed E-state index contributed by atoms with van der Waals surface area (Å²) < 4.78 is 47.7. The number of halogens is 3. The minimum absolute atomic E-state index is 0.0159. The molecule has 4 rings (SSSR count). The summed E-state index contributed by atoms with van der Waals surface area (Å²) in [7, 11) is 0. The van der Waals surface area contributed by atoms with Gasteiger partial charge in [-0.3, -0.25) is 5.10 Å². The minimum atomic E-state index is -3.36. The van der Waals surface area contributed by atoms with E-state index in [1.54, 1.807) is 6.07 Å². The van der Waals surface area contributed by atoms with E-state index in [1.807, 2.05) is 0 Å². The third kappa shape index (κ3) is 2.92. The fourth-order valence-electron chi connectivity index (χ4n) is 3.22. The number of aromatic amines is 1. The van der Waals surface area contributed by atoms with Crippen molar-refractivity contribution in [3.63, 3.8) is 0 Å². The van der Waals surface area contributed by atoms with Gasteiger partial charge in [-0.1, -0.05) is 0 Å². The van der Waals surface area contributed by atoms with Crippen molar-refractivity contribution >= 4 is 5.69 Å². The van der Waals surface area contributed by atoms with Crippen LogP contribution in [0.5, 0.6) is 11.5 Å². The van der Waals surface area contributed by atoms with E-state index in [-0.39, 0.29) is 28.3 Å². The monoisotopic (exact) mass is 371 g/mol. The second-order valence-corrected chi connectivity index (χ2v) is 6.17. The van der Waals surface area contributed by atoms with Gasteiger partial charge in [0.25, 0.3) is 5.92 Å². The standard InChI is InChI=1S/C19H12F3N3O2/c1-23-11-6-10(20)7-12(8-11)27-16-3-2-13(15-4-5-24-25-15)17-14(16)9-19(21,22)18(17)26/h2-8,18,26H,9H2,(H,24,25). The van der Waals surface area contributed by atoms with Crippen LogP contribution in [-0.2, 0) is 6.42 Å². The lowest BCUT2D eigenvalue weighted by Crippen LogP contribution is -2.21. The zero-order chi connectivity index (χ0) is 19.2. The molecule has 136 valence electrons. The first kappa shape index (κ1) is 17.1. The summed E-state index contributed by atoms with van der Waals surface area (Å²) in [5.74, 6) is -3.94. The Morgan fingerprint density at radius 3 is 2.78 bits per heavy atom. The summed E-state index contributed by atoms with van der Waals surface area (Å²) in [6.45, 7) is 6.99. The number of H-pyrrole nitrogens is 1. The second-order valence-electron chi connectivity index (χ2n) is 6.17. The largest absolute Gasteiger partial charge is 0.458 e. The summed E-state index contributed by atoms with van der Waals surface area (Å²) in [5, 5.41) is 16.7. The summed E-state index contributed by atoms with van der Waals surface area (Å²) in [6.07, 6.45) is -1.24. The first-order valence-corrected chi connectivity index (χ1v) is 7.96. The van der Waals surface area contributed by atoms with Crippen LogP contribution in [0.15, 0.2) is 42.6 Å². The zero-order valence-corrected chi connectivity index (χ0v) is 13.7. The first-order valence-electron chi connectivity index (χ1n) is 7.96. The molecule has 1 aromatic heterocycles. The number of ether oxygens (including phenoxy) is 1. The van der Waals surface area contributed by atoms with Gasteiger partial charge in [-0.2, -0.15) is 5.10 Å². The van der Waals surface area contributed by atoms with Crippen molar-refractivity contribution < 1.29 is 23.0 Å². The molecule has 1 aliphatic rings. The van der Waals surface area contributed by atoms with Crippen molar-refractivity contribution in [1.29, 1.82) is 0 Å². The van der Waals surface area contributed by atoms with E-state index >= 15 is 0 Å². The van der Waals surface area contributed by atoms with Crippen LogP contribution in [0.2, 0.25) is 0 Å². The van der Waals surface area contributed by atoms with Gasteiger partial charge in [0.1, 0.15) is 23.4 Å². The normalized spacial score (nSPS) is 17.4. The van der Waals surface area contributed by atoms with E-state index in [0.29, 0.717) is 11.3 Å². The van der Waals surface area contributed by atoms with Gasteiger partial charge in [0, 0.05) is 35.4 Å². The number of nitrogens with one attached hydrogen (secondary N) is 1. The molecule has 0 amide bonds. The van der Waals surface area contributed by atoms with E-state index in [4.69, 9.17) is 11.3 Å². The molecule has 5 nitrogen and oxygen atoms in total. The maximum atomic E-state index is 14.2. The fraction of sp³-hybridized carbons (Fsp3) is 0.158. The van der Waals surface area contributed by atoms with Crippen molar-refractivity contribution in [3.8, 4) is 22.8 Å². The van der Waals surface area contributed by atoms with Crippen LogP contribution < -0.4 is 4.74 Å². The van der Waals surface area contributed by atoms with Gasteiger partial charge in [-0.15, -0.1) is 0 Å². The number of aliphatic hydroxyl groups is 1. The van der Waals surface area contributed by atoms with Crippen LogP contribution >= 0.6 is 0 Å². The smallest absolute Gasteiger partial charge is 0.281 e. The maximum Gasteiger partial charge on any atom is 0.281 e. The SMILES string of the molecule is [C-]#[N+]c1cc(F)cc(Oc2ccc(-c3ccn[nH]3)c3c2CC(F)(F)C3O)c1. The highest BCUT2D eigenvalue weighted by atomic mass is 19.3. The molecule has 27 heavy (non-hydrogen) atoms. The Labute approximate surface area is 151 Å². The molecule has 1 heterocycles. The third-order valence-electron chi connectivity index (χ3n) is 4.40. The molecule has 2 N–H and O–H groups in total. The minimum Gasteiger partial charge on any atom is -0.458 e. The molecule has 0 fully saturated rings. The lowest BCUT2D eigenvalue weighted by molar-refractivity contribution is -0.0966. The van der Waals surface area contributed by atoms with E-state index in [1.165, 1.54) is 24.4 Å². The predicted molar refractivity (Wildman–Crippen MR) is 90.4 cm³/mol. The first-order chi connectivity index (χ1) is 12.9. The van der Waals surface area contributed by atoms with Crippen molar-refractivity contribution in [1.82, 2.24) is 10.2 Å². The Bertz CT molecular complexity index is 1060. The van der Waals surface area contributed by atoms with Crippen molar-refractivity contribution in [2.45, 2.75) is 18.4 Å². The quantitative estimate of drug-likeness (QED) is 0.651. The predicted octanol–water partition coefficient (Wildman–Crippen LogP) is 4.78. The number of rotatable bonds is 3. The van der Waals surface area contributed by atoms with Crippen molar-refractivity contribution in [3.05, 3.63) is 71.0 Å². The highest BCUT2D eigenvalue weighted by Gasteiger charge is 2.49. The highest BCUT2D eigenvalue weighted by Crippen LogP contribution is 2.50. The highest BCUT2D eigenvalue weighted by molar-refractivity contribution is 5.70. The molecule has 1 atom stereocenters. The molecule has 1 aliphatic carbocycles. The van der Waals surface area contributed by atoms with Crippen LogP contribution in [0.3, 0.4) is 0 Å². The Morgan fingerprint density at radius 2 is 2.07 bits per heavy atom. The molecule has 0 aliphatic heterocycles. The molecule has 0 radical (unpaired) electrons. The molecule has 1 unspecified atom stereocenters. The van der Waals surface area contributed by atoms with Gasteiger partial charge >= 0.3 is 0 Å². The number of fused-ring (bicyclic) bond motifs is 1. The molecule has 0 bridgehead atoms. The Balaban J connectivity index is 1.83. The lowest BCUT2D eigenvalue weighted by atomic mass is 9.98. The number of hydrogen-bond acceptors (Lipinski definition) is 3. The number of aromatic nitrogens is 2. The molecule has 2 aromatic carbocycles. The van der Waals surface area contributed by atoms with Crippen LogP contribution in [-0.4, -0.2) is 21.2 Å². The van der Waals surface area contributed by atoms with Crippen LogP contribution in [0.1, 0.15) is 17.2 Å². The third-order valence-corrected chi connectivity index (χ3v) is 4.40. The fourth-order valence-corrected chi connectivity index (χ4v) is 3.22. The zero-order valence-electron chi connectivity index (χ0n) is 13.7. The van der Waals surface area contributed by atoms with Gasteiger partial charge in [0.2, 0.25) is 0 Å². The summed E-state index contributed by atoms with van der Waals surface area (Å²) in [5.41, 5.74) is 1.08. The molecular formula is C19H12F3N3O2. The summed E-state index contributed by atoms with van der Waals surface area (Å²) in [4.78, 5) is 3.15. The second kappa shape index (κ2) is 6.14.